The normalized spacial score (nSPS) is 19.3. The third-order valence-corrected chi connectivity index (χ3v) is 5.27. The average Bonchev–Trinajstić information content (AvgIpc) is 3.19. The van der Waals surface area contributed by atoms with Crippen LogP contribution in [-0.4, -0.2) is 60.9 Å². The Morgan fingerprint density at radius 2 is 2.26 bits per heavy atom. The van der Waals surface area contributed by atoms with Crippen molar-refractivity contribution in [3.05, 3.63) is 30.4 Å². The second-order valence-electron chi connectivity index (χ2n) is 6.25. The Morgan fingerprint density at radius 1 is 1.35 bits per heavy atom. The molecule has 0 amide bonds. The number of piperidine rings is 1. The Hall–Kier alpha value is -1.34. The molecule has 2 aromatic heterocycles. The monoisotopic (exact) mass is 334 g/mol. The van der Waals surface area contributed by atoms with Gasteiger partial charge in [-0.3, -0.25) is 0 Å². The number of aromatic nitrogens is 5. The minimum absolute atomic E-state index is 0.507. The molecule has 126 valence electrons. The van der Waals surface area contributed by atoms with Crippen LogP contribution in [-0.2, 0) is 13.6 Å². The molecule has 1 fully saturated rings. The lowest BCUT2D eigenvalue weighted by atomic mass is 9.97. The molecule has 6 nitrogen and oxygen atoms in total. The Balaban J connectivity index is 1.63. The van der Waals surface area contributed by atoms with Gasteiger partial charge in [-0.15, -0.1) is 10.2 Å². The van der Waals surface area contributed by atoms with Crippen molar-refractivity contribution in [1.29, 1.82) is 0 Å². The lowest BCUT2D eigenvalue weighted by molar-refractivity contribution is 0.203. The molecule has 0 bridgehead atoms. The van der Waals surface area contributed by atoms with Gasteiger partial charge in [-0.2, -0.15) is 11.8 Å². The van der Waals surface area contributed by atoms with E-state index in [0.717, 1.165) is 24.7 Å². The summed E-state index contributed by atoms with van der Waals surface area (Å²) in [4.78, 5) is 6.68. The van der Waals surface area contributed by atoms with Gasteiger partial charge < -0.3 is 14.0 Å². The number of likely N-dealkylation sites (tertiary alicyclic amines) is 1. The fourth-order valence-electron chi connectivity index (χ4n) is 3.31. The van der Waals surface area contributed by atoms with E-state index in [1.807, 2.05) is 28.9 Å². The Bertz CT molecular complexity index is 594. The quantitative estimate of drug-likeness (QED) is 0.725. The Morgan fingerprint density at radius 3 is 3.04 bits per heavy atom. The first-order valence-corrected chi connectivity index (χ1v) is 9.72. The maximum atomic E-state index is 4.50. The van der Waals surface area contributed by atoms with Crippen LogP contribution in [0.3, 0.4) is 0 Å². The molecule has 3 rings (SSSR count). The molecular weight excluding hydrogens is 308 g/mol. The molecule has 0 spiro atoms. The summed E-state index contributed by atoms with van der Waals surface area (Å²) in [6, 6.07) is 0. The fraction of sp³-hybridized carbons (Fsp3) is 0.688. The van der Waals surface area contributed by atoms with E-state index in [1.54, 1.807) is 6.20 Å². The molecule has 23 heavy (non-hydrogen) atoms. The van der Waals surface area contributed by atoms with Gasteiger partial charge in [0.2, 0.25) is 0 Å². The highest BCUT2D eigenvalue weighted by Gasteiger charge is 2.25. The number of hydrogen-bond donors (Lipinski definition) is 0. The molecule has 0 aliphatic carbocycles. The predicted octanol–water partition coefficient (Wildman–Crippen LogP) is 1.99. The first-order valence-electron chi connectivity index (χ1n) is 8.33. The molecule has 0 radical (unpaired) electrons. The number of thioether (sulfide) groups is 1. The zero-order valence-corrected chi connectivity index (χ0v) is 14.9. The van der Waals surface area contributed by atoms with Crippen molar-refractivity contribution in [1.82, 2.24) is 29.2 Å². The zero-order chi connectivity index (χ0) is 16.1. The van der Waals surface area contributed by atoms with Crippen LogP contribution in [0.25, 0.3) is 0 Å². The SMILES string of the molecule is CSCCCN1CCCC(c2nnc(Cn3ccnc3)n2C)C1. The van der Waals surface area contributed by atoms with Gasteiger partial charge >= 0.3 is 0 Å². The summed E-state index contributed by atoms with van der Waals surface area (Å²) in [7, 11) is 2.09. The molecule has 1 unspecified atom stereocenters. The summed E-state index contributed by atoms with van der Waals surface area (Å²) in [6.07, 6.45) is 11.5. The molecule has 0 saturated carbocycles. The van der Waals surface area contributed by atoms with Crippen molar-refractivity contribution < 1.29 is 0 Å². The lowest BCUT2D eigenvalue weighted by Gasteiger charge is -2.32. The highest BCUT2D eigenvalue weighted by molar-refractivity contribution is 7.98. The van der Waals surface area contributed by atoms with Gasteiger partial charge in [-0.05, 0) is 44.4 Å². The molecule has 2 aromatic rings. The van der Waals surface area contributed by atoms with Gasteiger partial charge in [0.25, 0.3) is 0 Å². The molecule has 1 aliphatic heterocycles. The molecule has 3 heterocycles. The Kier molecular flexibility index (Phi) is 5.72. The van der Waals surface area contributed by atoms with E-state index in [0.29, 0.717) is 5.92 Å². The summed E-state index contributed by atoms with van der Waals surface area (Å²) in [5, 5.41) is 8.91. The lowest BCUT2D eigenvalue weighted by Crippen LogP contribution is -2.36. The summed E-state index contributed by atoms with van der Waals surface area (Å²) in [5.41, 5.74) is 0. The van der Waals surface area contributed by atoms with Crippen molar-refractivity contribution in [3.8, 4) is 0 Å². The van der Waals surface area contributed by atoms with Gasteiger partial charge in [0.1, 0.15) is 5.82 Å². The predicted molar refractivity (Wildman–Crippen MR) is 93.7 cm³/mol. The smallest absolute Gasteiger partial charge is 0.152 e. The molecule has 0 N–H and O–H groups in total. The van der Waals surface area contributed by atoms with E-state index < -0.39 is 0 Å². The molecule has 1 atom stereocenters. The van der Waals surface area contributed by atoms with Crippen molar-refractivity contribution in [2.24, 2.45) is 7.05 Å². The number of hydrogen-bond acceptors (Lipinski definition) is 5. The van der Waals surface area contributed by atoms with Crippen LogP contribution >= 0.6 is 11.8 Å². The average molecular weight is 334 g/mol. The van der Waals surface area contributed by atoms with E-state index >= 15 is 0 Å². The summed E-state index contributed by atoms with van der Waals surface area (Å²) < 4.78 is 4.21. The molecule has 1 aliphatic rings. The van der Waals surface area contributed by atoms with E-state index in [4.69, 9.17) is 0 Å². The van der Waals surface area contributed by atoms with Crippen molar-refractivity contribution in [3.63, 3.8) is 0 Å². The van der Waals surface area contributed by atoms with E-state index in [1.165, 1.54) is 38.1 Å². The third kappa shape index (κ3) is 4.14. The van der Waals surface area contributed by atoms with E-state index in [9.17, 15) is 0 Å². The summed E-state index contributed by atoms with van der Waals surface area (Å²) in [5.74, 6) is 3.89. The third-order valence-electron chi connectivity index (χ3n) is 4.58. The molecule has 1 saturated heterocycles. The first-order chi connectivity index (χ1) is 11.3. The largest absolute Gasteiger partial charge is 0.330 e. The second kappa shape index (κ2) is 7.97. The molecule has 0 aromatic carbocycles. The standard InChI is InChI=1S/C16H26N6S/c1-20-15(12-22-9-6-17-13-22)18-19-16(20)14-5-3-7-21(11-14)8-4-10-23-2/h6,9,13-14H,3-5,7-8,10-12H2,1-2H3. The van der Waals surface area contributed by atoms with Crippen LogP contribution in [0.2, 0.25) is 0 Å². The van der Waals surface area contributed by atoms with Crippen LogP contribution in [0.4, 0.5) is 0 Å². The fourth-order valence-corrected chi connectivity index (χ4v) is 3.73. The number of rotatable bonds is 7. The van der Waals surface area contributed by atoms with Crippen LogP contribution < -0.4 is 0 Å². The van der Waals surface area contributed by atoms with E-state index in [2.05, 4.69) is 38.0 Å². The minimum atomic E-state index is 0.507. The topological polar surface area (TPSA) is 51.8 Å². The number of nitrogens with zero attached hydrogens (tertiary/aromatic N) is 6. The summed E-state index contributed by atoms with van der Waals surface area (Å²) >= 11 is 1.93. The number of imidazole rings is 1. The van der Waals surface area contributed by atoms with Gasteiger partial charge in [0.05, 0.1) is 12.9 Å². The highest BCUT2D eigenvalue weighted by atomic mass is 32.2. The van der Waals surface area contributed by atoms with Crippen LogP contribution in [0.15, 0.2) is 18.7 Å². The van der Waals surface area contributed by atoms with Crippen molar-refractivity contribution in [2.45, 2.75) is 31.7 Å². The van der Waals surface area contributed by atoms with Crippen molar-refractivity contribution >= 4 is 11.8 Å². The first kappa shape index (κ1) is 16.5. The van der Waals surface area contributed by atoms with Crippen molar-refractivity contribution in [2.75, 3.05) is 31.6 Å². The molecule has 7 heteroatoms. The Labute approximate surface area is 142 Å². The van der Waals surface area contributed by atoms with Gasteiger partial charge in [0.15, 0.2) is 5.82 Å². The molecular formula is C16H26N6S. The maximum Gasteiger partial charge on any atom is 0.152 e. The second-order valence-corrected chi connectivity index (χ2v) is 7.24. The maximum absolute atomic E-state index is 4.50. The zero-order valence-electron chi connectivity index (χ0n) is 14.1. The van der Waals surface area contributed by atoms with Crippen LogP contribution in [0.1, 0.15) is 36.8 Å². The van der Waals surface area contributed by atoms with Crippen LogP contribution in [0.5, 0.6) is 0 Å². The summed E-state index contributed by atoms with van der Waals surface area (Å²) in [6.45, 7) is 4.28. The van der Waals surface area contributed by atoms with Gasteiger partial charge in [-0.1, -0.05) is 0 Å². The highest BCUT2D eigenvalue weighted by Crippen LogP contribution is 2.26. The van der Waals surface area contributed by atoms with Gasteiger partial charge in [-0.25, -0.2) is 4.98 Å². The van der Waals surface area contributed by atoms with Gasteiger partial charge in [0, 0.05) is 31.9 Å². The minimum Gasteiger partial charge on any atom is -0.330 e. The van der Waals surface area contributed by atoms with Crippen LogP contribution in [0, 0.1) is 0 Å². The van der Waals surface area contributed by atoms with E-state index in [-0.39, 0.29) is 0 Å².